The van der Waals surface area contributed by atoms with Gasteiger partial charge in [0.05, 0.1) is 6.10 Å². The van der Waals surface area contributed by atoms with Gasteiger partial charge in [-0.3, -0.25) is 0 Å². The van der Waals surface area contributed by atoms with E-state index >= 15 is 0 Å². The SMILES string of the molecule is Cc1cc(C(O)C(C)C2CC2)ccc1F. The van der Waals surface area contributed by atoms with E-state index in [0.29, 0.717) is 11.5 Å². The molecule has 2 heteroatoms. The molecular weight excluding hydrogens is 191 g/mol. The molecule has 1 nitrogen and oxygen atoms in total. The van der Waals surface area contributed by atoms with Crippen molar-refractivity contribution in [2.45, 2.75) is 32.8 Å². The third-order valence-corrected chi connectivity index (χ3v) is 3.39. The van der Waals surface area contributed by atoms with Crippen molar-refractivity contribution >= 4 is 0 Å². The third kappa shape index (κ3) is 2.20. The molecule has 2 unspecified atom stereocenters. The minimum atomic E-state index is -0.447. The summed E-state index contributed by atoms with van der Waals surface area (Å²) in [6.07, 6.45) is 1.99. The van der Waals surface area contributed by atoms with E-state index in [1.165, 1.54) is 18.9 Å². The van der Waals surface area contributed by atoms with Crippen molar-refractivity contribution < 1.29 is 9.50 Å². The van der Waals surface area contributed by atoms with Crippen molar-refractivity contribution in [3.63, 3.8) is 0 Å². The van der Waals surface area contributed by atoms with Gasteiger partial charge < -0.3 is 5.11 Å². The summed E-state index contributed by atoms with van der Waals surface area (Å²) in [4.78, 5) is 0. The first-order valence-electron chi connectivity index (χ1n) is 5.53. The van der Waals surface area contributed by atoms with Crippen LogP contribution in [0.25, 0.3) is 0 Å². The van der Waals surface area contributed by atoms with Crippen molar-refractivity contribution in [1.82, 2.24) is 0 Å². The van der Waals surface area contributed by atoms with Gasteiger partial charge in [0.1, 0.15) is 5.82 Å². The Kier molecular flexibility index (Phi) is 2.79. The van der Waals surface area contributed by atoms with Crippen LogP contribution >= 0.6 is 0 Å². The zero-order valence-electron chi connectivity index (χ0n) is 9.20. The average Bonchev–Trinajstić information content (AvgIpc) is 3.03. The average molecular weight is 208 g/mol. The number of aryl methyl sites for hydroxylation is 1. The predicted octanol–water partition coefficient (Wildman–Crippen LogP) is 3.21. The lowest BCUT2D eigenvalue weighted by Crippen LogP contribution is -2.11. The second kappa shape index (κ2) is 3.93. The van der Waals surface area contributed by atoms with Gasteiger partial charge in [0.15, 0.2) is 0 Å². The molecule has 1 aliphatic carbocycles. The Morgan fingerprint density at radius 2 is 2.07 bits per heavy atom. The molecule has 2 rings (SSSR count). The molecular formula is C13H17FO. The molecule has 0 spiro atoms. The lowest BCUT2D eigenvalue weighted by Gasteiger charge is -2.19. The van der Waals surface area contributed by atoms with Gasteiger partial charge in [0.25, 0.3) is 0 Å². The van der Waals surface area contributed by atoms with Crippen LogP contribution in [-0.4, -0.2) is 5.11 Å². The lowest BCUT2D eigenvalue weighted by molar-refractivity contribution is 0.106. The smallest absolute Gasteiger partial charge is 0.126 e. The van der Waals surface area contributed by atoms with E-state index in [4.69, 9.17) is 0 Å². The zero-order chi connectivity index (χ0) is 11.0. The Hall–Kier alpha value is -0.890. The molecule has 0 aromatic heterocycles. The standard InChI is InChI=1S/C13H17FO/c1-8-7-11(5-6-12(8)14)13(15)9(2)10-3-4-10/h5-7,9-10,13,15H,3-4H2,1-2H3. The van der Waals surface area contributed by atoms with Gasteiger partial charge in [0, 0.05) is 0 Å². The quantitative estimate of drug-likeness (QED) is 0.808. The van der Waals surface area contributed by atoms with E-state index in [2.05, 4.69) is 6.92 Å². The highest BCUT2D eigenvalue weighted by molar-refractivity contribution is 5.26. The number of rotatable bonds is 3. The second-order valence-corrected chi connectivity index (χ2v) is 4.65. The first-order chi connectivity index (χ1) is 7.09. The molecule has 0 amide bonds. The molecule has 1 aromatic rings. The van der Waals surface area contributed by atoms with Crippen LogP contribution in [0.2, 0.25) is 0 Å². The van der Waals surface area contributed by atoms with Crippen molar-refractivity contribution in [2.24, 2.45) is 11.8 Å². The van der Waals surface area contributed by atoms with E-state index in [1.54, 1.807) is 19.1 Å². The highest BCUT2D eigenvalue weighted by Gasteiger charge is 2.33. The van der Waals surface area contributed by atoms with Gasteiger partial charge >= 0.3 is 0 Å². The van der Waals surface area contributed by atoms with Gasteiger partial charge in [-0.05, 0) is 48.8 Å². The Bertz CT molecular complexity index is 358. The molecule has 0 radical (unpaired) electrons. The van der Waals surface area contributed by atoms with Gasteiger partial charge in [-0.25, -0.2) is 4.39 Å². The third-order valence-electron chi connectivity index (χ3n) is 3.39. The summed E-state index contributed by atoms with van der Waals surface area (Å²) in [6, 6.07) is 4.87. The molecule has 82 valence electrons. The molecule has 1 fully saturated rings. The number of benzene rings is 1. The Balaban J connectivity index is 2.17. The summed E-state index contributed by atoms with van der Waals surface area (Å²) in [5, 5.41) is 10.1. The molecule has 1 saturated carbocycles. The fourth-order valence-corrected chi connectivity index (χ4v) is 2.04. The van der Waals surface area contributed by atoms with Crippen LogP contribution in [0.1, 0.15) is 37.0 Å². The van der Waals surface area contributed by atoms with Crippen LogP contribution in [0.3, 0.4) is 0 Å². The fraction of sp³-hybridized carbons (Fsp3) is 0.538. The van der Waals surface area contributed by atoms with Crippen LogP contribution in [-0.2, 0) is 0 Å². The molecule has 0 saturated heterocycles. The number of aliphatic hydroxyl groups is 1. The van der Waals surface area contributed by atoms with Crippen molar-refractivity contribution in [2.75, 3.05) is 0 Å². The monoisotopic (exact) mass is 208 g/mol. The van der Waals surface area contributed by atoms with Gasteiger partial charge in [-0.1, -0.05) is 19.1 Å². The van der Waals surface area contributed by atoms with Crippen molar-refractivity contribution in [3.05, 3.63) is 35.1 Å². The van der Waals surface area contributed by atoms with Gasteiger partial charge in [-0.15, -0.1) is 0 Å². The van der Waals surface area contributed by atoms with Crippen molar-refractivity contribution in [1.29, 1.82) is 0 Å². The molecule has 0 bridgehead atoms. The van der Waals surface area contributed by atoms with E-state index in [1.807, 2.05) is 0 Å². The second-order valence-electron chi connectivity index (χ2n) is 4.65. The summed E-state index contributed by atoms with van der Waals surface area (Å²) in [7, 11) is 0. The minimum absolute atomic E-state index is 0.204. The summed E-state index contributed by atoms with van der Waals surface area (Å²) in [6.45, 7) is 3.80. The van der Waals surface area contributed by atoms with Crippen LogP contribution in [0, 0.1) is 24.6 Å². The Labute approximate surface area is 89.9 Å². The minimum Gasteiger partial charge on any atom is -0.388 e. The highest BCUT2D eigenvalue weighted by Crippen LogP contribution is 2.42. The normalized spacial score (nSPS) is 20.0. The van der Waals surface area contributed by atoms with E-state index in [9.17, 15) is 9.50 Å². The largest absolute Gasteiger partial charge is 0.388 e. The van der Waals surface area contributed by atoms with E-state index in [-0.39, 0.29) is 11.7 Å². The van der Waals surface area contributed by atoms with Crippen LogP contribution in [0.15, 0.2) is 18.2 Å². The molecule has 2 atom stereocenters. The topological polar surface area (TPSA) is 20.2 Å². The lowest BCUT2D eigenvalue weighted by atomic mass is 9.92. The number of aliphatic hydroxyl groups excluding tert-OH is 1. The van der Waals surface area contributed by atoms with Crippen LogP contribution < -0.4 is 0 Å². The molecule has 1 aromatic carbocycles. The zero-order valence-corrected chi connectivity index (χ0v) is 9.20. The maximum absolute atomic E-state index is 13.1. The number of hydrogen-bond donors (Lipinski definition) is 1. The molecule has 0 aliphatic heterocycles. The van der Waals surface area contributed by atoms with E-state index < -0.39 is 6.10 Å². The maximum Gasteiger partial charge on any atom is 0.126 e. The number of hydrogen-bond acceptors (Lipinski definition) is 1. The van der Waals surface area contributed by atoms with Gasteiger partial charge in [-0.2, -0.15) is 0 Å². The van der Waals surface area contributed by atoms with Gasteiger partial charge in [0.2, 0.25) is 0 Å². The summed E-state index contributed by atoms with van der Waals surface area (Å²) in [5.74, 6) is 0.741. The molecule has 1 N–H and O–H groups in total. The summed E-state index contributed by atoms with van der Waals surface area (Å²) < 4.78 is 13.1. The molecule has 15 heavy (non-hydrogen) atoms. The van der Waals surface area contributed by atoms with E-state index in [0.717, 1.165) is 5.56 Å². The first kappa shape index (κ1) is 10.6. The Morgan fingerprint density at radius 1 is 1.40 bits per heavy atom. The summed E-state index contributed by atoms with van der Waals surface area (Å²) in [5.41, 5.74) is 1.45. The van der Waals surface area contributed by atoms with Crippen LogP contribution in [0.4, 0.5) is 4.39 Å². The summed E-state index contributed by atoms with van der Waals surface area (Å²) >= 11 is 0. The van der Waals surface area contributed by atoms with Crippen LogP contribution in [0.5, 0.6) is 0 Å². The molecule has 0 heterocycles. The predicted molar refractivity (Wildman–Crippen MR) is 58.0 cm³/mol. The maximum atomic E-state index is 13.1. The number of halogens is 1. The van der Waals surface area contributed by atoms with Crippen molar-refractivity contribution in [3.8, 4) is 0 Å². The first-order valence-corrected chi connectivity index (χ1v) is 5.53. The Morgan fingerprint density at radius 3 is 2.60 bits per heavy atom. The highest BCUT2D eigenvalue weighted by atomic mass is 19.1. The fourth-order valence-electron chi connectivity index (χ4n) is 2.04. The molecule has 1 aliphatic rings.